The number of hydrogen-bond donors (Lipinski definition) is 1. The lowest BCUT2D eigenvalue weighted by Gasteiger charge is -2.43. The molecule has 1 aromatic carbocycles. The minimum absolute atomic E-state index is 0.118. The van der Waals surface area contributed by atoms with Gasteiger partial charge in [0.25, 0.3) is 5.91 Å². The van der Waals surface area contributed by atoms with Crippen LogP contribution in [0, 0.1) is 0 Å². The summed E-state index contributed by atoms with van der Waals surface area (Å²) in [4.78, 5) is 27.1. The van der Waals surface area contributed by atoms with Crippen molar-refractivity contribution in [3.8, 4) is 5.75 Å². The average molecular weight is 368 g/mol. The zero-order valence-corrected chi connectivity index (χ0v) is 14.6. The summed E-state index contributed by atoms with van der Waals surface area (Å²) in [5, 5.41) is 9.04. The van der Waals surface area contributed by atoms with Crippen molar-refractivity contribution in [1.82, 2.24) is 9.80 Å². The van der Waals surface area contributed by atoms with Gasteiger partial charge in [0.15, 0.2) is 9.84 Å². The monoisotopic (exact) mass is 368 g/mol. The summed E-state index contributed by atoms with van der Waals surface area (Å²) < 4.78 is 29.3. The first-order valence-electron chi connectivity index (χ1n) is 7.92. The van der Waals surface area contributed by atoms with E-state index < -0.39 is 27.9 Å². The summed E-state index contributed by atoms with van der Waals surface area (Å²) in [6, 6.07) is 5.69. The standard InChI is InChI=1S/C16H20N2O6S/c1-24-12-4-2-3-11(7-12)16(21)18-6-5-17(8-15(19)20)13-9-25(22,23)10-14(13)18/h2-4,7,13-14H,5-6,8-10H2,1H3,(H,19,20)/t13-,14+/m1/s1. The lowest BCUT2D eigenvalue weighted by Crippen LogP contribution is -2.61. The van der Waals surface area contributed by atoms with Crippen LogP contribution >= 0.6 is 0 Å². The molecular weight excluding hydrogens is 348 g/mol. The minimum atomic E-state index is -3.31. The van der Waals surface area contributed by atoms with Crippen LogP contribution in [0.1, 0.15) is 10.4 Å². The van der Waals surface area contributed by atoms with Gasteiger partial charge in [-0.2, -0.15) is 0 Å². The van der Waals surface area contributed by atoms with Crippen molar-refractivity contribution in [2.45, 2.75) is 12.1 Å². The smallest absolute Gasteiger partial charge is 0.317 e. The van der Waals surface area contributed by atoms with Crippen LogP contribution in [0.15, 0.2) is 24.3 Å². The van der Waals surface area contributed by atoms with Crippen LogP contribution in [0.25, 0.3) is 0 Å². The highest BCUT2D eigenvalue weighted by atomic mass is 32.2. The van der Waals surface area contributed by atoms with Gasteiger partial charge in [-0.1, -0.05) is 6.07 Å². The number of fused-ring (bicyclic) bond motifs is 1. The molecule has 0 aromatic heterocycles. The van der Waals surface area contributed by atoms with Gasteiger partial charge in [0, 0.05) is 24.7 Å². The van der Waals surface area contributed by atoms with Crippen LogP contribution in [0.2, 0.25) is 0 Å². The van der Waals surface area contributed by atoms with Crippen LogP contribution in [0.4, 0.5) is 0 Å². The third-order valence-electron chi connectivity index (χ3n) is 4.71. The number of benzene rings is 1. The SMILES string of the molecule is COc1cccc(C(=O)N2CCN(CC(=O)O)[C@@H]3CS(=O)(=O)C[C@@H]32)c1. The van der Waals surface area contributed by atoms with Crippen molar-refractivity contribution in [1.29, 1.82) is 0 Å². The Labute approximate surface area is 145 Å². The molecule has 2 fully saturated rings. The molecule has 2 heterocycles. The summed E-state index contributed by atoms with van der Waals surface area (Å²) in [6.07, 6.45) is 0. The van der Waals surface area contributed by atoms with Crippen LogP contribution in [-0.4, -0.2) is 85.5 Å². The third-order valence-corrected chi connectivity index (χ3v) is 6.41. The molecule has 0 unspecified atom stereocenters. The van der Waals surface area contributed by atoms with E-state index in [1.807, 2.05) is 0 Å². The molecule has 25 heavy (non-hydrogen) atoms. The number of sulfone groups is 1. The number of rotatable bonds is 4. The van der Waals surface area contributed by atoms with Crippen molar-refractivity contribution in [2.24, 2.45) is 0 Å². The highest BCUT2D eigenvalue weighted by Gasteiger charge is 2.48. The van der Waals surface area contributed by atoms with Crippen molar-refractivity contribution in [3.63, 3.8) is 0 Å². The van der Waals surface area contributed by atoms with E-state index in [2.05, 4.69) is 0 Å². The topological polar surface area (TPSA) is 104 Å². The highest BCUT2D eigenvalue weighted by Crippen LogP contribution is 2.28. The molecule has 0 aliphatic carbocycles. The highest BCUT2D eigenvalue weighted by molar-refractivity contribution is 7.91. The number of aliphatic carboxylic acids is 1. The van der Waals surface area contributed by atoms with Gasteiger partial charge < -0.3 is 14.7 Å². The summed E-state index contributed by atoms with van der Waals surface area (Å²) in [6.45, 7) is 0.399. The predicted molar refractivity (Wildman–Crippen MR) is 89.5 cm³/mol. The molecule has 9 heteroatoms. The first-order chi connectivity index (χ1) is 11.8. The Morgan fingerprint density at radius 2 is 1.96 bits per heavy atom. The van der Waals surface area contributed by atoms with Crippen molar-refractivity contribution < 1.29 is 27.9 Å². The number of carboxylic acids is 1. The fraction of sp³-hybridized carbons (Fsp3) is 0.500. The molecule has 1 aromatic rings. The molecule has 0 bridgehead atoms. The number of hydrogen-bond acceptors (Lipinski definition) is 6. The van der Waals surface area contributed by atoms with Gasteiger partial charge >= 0.3 is 5.97 Å². The Morgan fingerprint density at radius 3 is 2.64 bits per heavy atom. The Kier molecular flexibility index (Phi) is 4.70. The van der Waals surface area contributed by atoms with Crippen LogP contribution in [-0.2, 0) is 14.6 Å². The Bertz CT molecular complexity index is 794. The molecule has 0 spiro atoms. The summed E-state index contributed by atoms with van der Waals surface area (Å²) in [7, 11) is -1.80. The molecule has 136 valence electrons. The Balaban J connectivity index is 1.87. The van der Waals surface area contributed by atoms with Crippen LogP contribution in [0.3, 0.4) is 0 Å². The van der Waals surface area contributed by atoms with E-state index in [1.165, 1.54) is 7.11 Å². The molecule has 0 radical (unpaired) electrons. The van der Waals surface area contributed by atoms with E-state index in [4.69, 9.17) is 9.84 Å². The quantitative estimate of drug-likeness (QED) is 0.778. The Hall–Kier alpha value is -2.13. The van der Waals surface area contributed by atoms with E-state index in [0.29, 0.717) is 24.4 Å². The van der Waals surface area contributed by atoms with Gasteiger partial charge in [0.1, 0.15) is 5.75 Å². The van der Waals surface area contributed by atoms with Crippen LogP contribution in [0.5, 0.6) is 5.75 Å². The number of methoxy groups -OCH3 is 1. The van der Waals surface area contributed by atoms with E-state index >= 15 is 0 Å². The molecule has 1 amide bonds. The van der Waals surface area contributed by atoms with Gasteiger partial charge in [0.05, 0.1) is 31.2 Å². The van der Waals surface area contributed by atoms with E-state index in [-0.39, 0.29) is 24.0 Å². The molecule has 1 N–H and O–H groups in total. The zero-order chi connectivity index (χ0) is 18.2. The number of ether oxygens (including phenoxy) is 1. The zero-order valence-electron chi connectivity index (χ0n) is 13.8. The van der Waals surface area contributed by atoms with E-state index in [9.17, 15) is 18.0 Å². The number of carboxylic acid groups (broad SMARTS) is 1. The second-order valence-corrected chi connectivity index (χ2v) is 8.46. The molecule has 2 aliphatic rings. The molecule has 3 rings (SSSR count). The maximum absolute atomic E-state index is 12.9. The van der Waals surface area contributed by atoms with Gasteiger partial charge in [-0.3, -0.25) is 14.5 Å². The number of carbonyl (C=O) groups is 2. The predicted octanol–water partition coefficient (Wildman–Crippen LogP) is -0.297. The number of amides is 1. The van der Waals surface area contributed by atoms with Crippen molar-refractivity contribution >= 4 is 21.7 Å². The molecule has 8 nitrogen and oxygen atoms in total. The van der Waals surface area contributed by atoms with E-state index in [0.717, 1.165) is 0 Å². The maximum Gasteiger partial charge on any atom is 0.317 e. The lowest BCUT2D eigenvalue weighted by atomic mass is 10.0. The van der Waals surface area contributed by atoms with Crippen molar-refractivity contribution in [3.05, 3.63) is 29.8 Å². The first kappa shape index (κ1) is 17.7. The average Bonchev–Trinajstić information content (AvgIpc) is 2.89. The second-order valence-electron chi connectivity index (χ2n) is 6.31. The molecule has 2 atom stereocenters. The third kappa shape index (κ3) is 3.62. The van der Waals surface area contributed by atoms with Gasteiger partial charge in [-0.15, -0.1) is 0 Å². The summed E-state index contributed by atoms with van der Waals surface area (Å²) in [5.74, 6) is -0.973. The fourth-order valence-corrected chi connectivity index (χ4v) is 5.58. The lowest BCUT2D eigenvalue weighted by molar-refractivity contribution is -0.139. The fourth-order valence-electron chi connectivity index (χ4n) is 3.57. The summed E-state index contributed by atoms with van der Waals surface area (Å²) >= 11 is 0. The first-order valence-corrected chi connectivity index (χ1v) is 9.74. The summed E-state index contributed by atoms with van der Waals surface area (Å²) in [5.41, 5.74) is 0.425. The molecular formula is C16H20N2O6S. The molecule has 0 saturated carbocycles. The maximum atomic E-state index is 12.9. The molecule has 2 aliphatic heterocycles. The minimum Gasteiger partial charge on any atom is -0.497 e. The Morgan fingerprint density at radius 1 is 1.24 bits per heavy atom. The largest absolute Gasteiger partial charge is 0.497 e. The van der Waals surface area contributed by atoms with Gasteiger partial charge in [-0.25, -0.2) is 8.42 Å². The normalized spacial score (nSPS) is 25.4. The van der Waals surface area contributed by atoms with Crippen molar-refractivity contribution in [2.75, 3.05) is 38.2 Å². The number of nitrogens with zero attached hydrogens (tertiary/aromatic N) is 2. The number of piperazine rings is 1. The number of carbonyl (C=O) groups excluding carboxylic acids is 1. The van der Waals surface area contributed by atoms with Gasteiger partial charge in [-0.05, 0) is 18.2 Å². The van der Waals surface area contributed by atoms with E-state index in [1.54, 1.807) is 34.1 Å². The molecule has 2 saturated heterocycles. The second kappa shape index (κ2) is 6.64. The van der Waals surface area contributed by atoms with Gasteiger partial charge in [0.2, 0.25) is 0 Å². The van der Waals surface area contributed by atoms with Crippen LogP contribution < -0.4 is 4.74 Å².